The van der Waals surface area contributed by atoms with Gasteiger partial charge in [-0.2, -0.15) is 13.2 Å². The molecule has 26 heavy (non-hydrogen) atoms. The molecule has 4 N–H and O–H groups in total. The topological polar surface area (TPSA) is 90.5 Å². The number of halogens is 4. The molecule has 0 radical (unpaired) electrons. The van der Waals surface area contributed by atoms with E-state index in [2.05, 4.69) is 10.0 Å². The second-order valence-electron chi connectivity index (χ2n) is 6.08. The Balaban J connectivity index is 2.40. The lowest BCUT2D eigenvalue weighted by molar-refractivity contribution is -0.140. The monoisotopic (exact) mass is 397 g/mol. The molecule has 1 aromatic rings. The van der Waals surface area contributed by atoms with Crippen molar-refractivity contribution in [1.29, 1.82) is 0 Å². The number of benzene rings is 1. The highest BCUT2D eigenvalue weighted by Crippen LogP contribution is 2.29. The van der Waals surface area contributed by atoms with Crippen LogP contribution in [0.25, 0.3) is 0 Å². The summed E-state index contributed by atoms with van der Waals surface area (Å²) >= 11 is 0. The molecular formula is C15H19F4N3O3S. The Labute approximate surface area is 148 Å². The molecule has 2 atom stereocenters. The van der Waals surface area contributed by atoms with Gasteiger partial charge in [-0.05, 0) is 23.3 Å². The van der Waals surface area contributed by atoms with Crippen molar-refractivity contribution in [2.75, 3.05) is 12.3 Å². The summed E-state index contributed by atoms with van der Waals surface area (Å²) in [5, 5.41) is 11.2. The summed E-state index contributed by atoms with van der Waals surface area (Å²) in [5.74, 6) is -1.38. The van der Waals surface area contributed by atoms with E-state index in [0.717, 1.165) is 12.1 Å². The summed E-state index contributed by atoms with van der Waals surface area (Å²) in [6.07, 6.45) is -4.21. The van der Waals surface area contributed by atoms with Crippen LogP contribution in [0.4, 0.5) is 22.4 Å². The van der Waals surface area contributed by atoms with Crippen molar-refractivity contribution in [3.8, 4) is 0 Å². The van der Waals surface area contributed by atoms with Gasteiger partial charge in [-0.15, -0.1) is 0 Å². The number of thiol groups is 1. The summed E-state index contributed by atoms with van der Waals surface area (Å²) in [4.78, 5) is 11.2. The van der Waals surface area contributed by atoms with Crippen molar-refractivity contribution < 1.29 is 31.7 Å². The van der Waals surface area contributed by atoms with Gasteiger partial charge in [0.25, 0.3) is 0 Å². The molecule has 0 saturated heterocycles. The Hall–Kier alpha value is -1.98. The average Bonchev–Trinajstić information content (AvgIpc) is 2.68. The van der Waals surface area contributed by atoms with E-state index in [1.54, 1.807) is 0 Å². The molecule has 11 heteroatoms. The molecule has 0 saturated carbocycles. The van der Waals surface area contributed by atoms with Crippen molar-refractivity contribution in [2.45, 2.75) is 24.7 Å². The lowest BCUT2D eigenvalue weighted by Gasteiger charge is -2.38. The molecule has 0 aromatic heterocycles. The summed E-state index contributed by atoms with van der Waals surface area (Å²) in [6, 6.07) is 3.03. The van der Waals surface area contributed by atoms with Gasteiger partial charge < -0.3 is 10.4 Å². The maximum atomic E-state index is 14.2. The van der Waals surface area contributed by atoms with E-state index >= 15 is 0 Å². The third kappa shape index (κ3) is 4.80. The average molecular weight is 397 g/mol. The van der Waals surface area contributed by atoms with Crippen molar-refractivity contribution >= 4 is 16.4 Å². The molecule has 2 rings (SSSR count). The first kappa shape index (κ1) is 20.3. The number of nitrogens with one attached hydrogen (secondary N) is 3. The Bertz CT molecular complexity index is 756. The van der Waals surface area contributed by atoms with Crippen LogP contribution in [0.3, 0.4) is 0 Å². The molecule has 6 nitrogen and oxygen atoms in total. The van der Waals surface area contributed by atoms with E-state index in [1.807, 2.05) is 4.72 Å². The fourth-order valence-corrected chi connectivity index (χ4v) is 5.30. The molecule has 146 valence electrons. The van der Waals surface area contributed by atoms with Crippen LogP contribution in [0, 0.1) is 5.82 Å². The van der Waals surface area contributed by atoms with Gasteiger partial charge in [0.2, 0.25) is 0 Å². The third-order valence-electron chi connectivity index (χ3n) is 3.88. The van der Waals surface area contributed by atoms with E-state index in [1.165, 1.54) is 31.2 Å². The van der Waals surface area contributed by atoms with Crippen LogP contribution >= 0.6 is 0 Å². The van der Waals surface area contributed by atoms with E-state index in [9.17, 15) is 26.6 Å². The van der Waals surface area contributed by atoms with Crippen LogP contribution < -0.4 is 14.8 Å². The normalized spacial score (nSPS) is 23.5. The quantitative estimate of drug-likeness (QED) is 0.305. The summed E-state index contributed by atoms with van der Waals surface area (Å²) in [5.41, 5.74) is -1.85. The van der Waals surface area contributed by atoms with Crippen LogP contribution in [0.1, 0.15) is 12.5 Å². The largest absolute Gasteiger partial charge is 0.465 e. The Morgan fingerprint density at radius 2 is 2.04 bits per heavy atom. The molecule has 0 aliphatic carbocycles. The molecule has 0 unspecified atom stereocenters. The standard InChI is InChI=1S/C15H19F4N3O3S/c1-14(21-13(23)24,10-5-2-3-6-11(10)16)9-26(25)20-8-4-7-12(22-26)15(17,18)19/h2-7,12,21,26H,8-9H2,1H3,(H,23,24)(H2,20,22,25)/t12-,14-/m0/s1. The van der Waals surface area contributed by atoms with E-state index in [-0.39, 0.29) is 12.1 Å². The minimum Gasteiger partial charge on any atom is -0.465 e. The third-order valence-corrected chi connectivity index (χ3v) is 6.35. The summed E-state index contributed by atoms with van der Waals surface area (Å²) in [6.45, 7) is 1.15. The first-order valence-electron chi connectivity index (χ1n) is 7.57. The number of carbonyl (C=O) groups is 1. The number of hydrogen-bond donors (Lipinski definition) is 5. The molecule has 0 spiro atoms. The van der Waals surface area contributed by atoms with Gasteiger partial charge in [-0.1, -0.05) is 30.4 Å². The van der Waals surface area contributed by atoms with Gasteiger partial charge in [0.15, 0.2) is 0 Å². The highest BCUT2D eigenvalue weighted by atomic mass is 32.3. The lowest BCUT2D eigenvalue weighted by Crippen LogP contribution is -2.59. The molecule has 1 amide bonds. The predicted octanol–water partition coefficient (Wildman–Crippen LogP) is 1.84. The van der Waals surface area contributed by atoms with Crippen LogP contribution in [0.5, 0.6) is 0 Å². The van der Waals surface area contributed by atoms with Gasteiger partial charge in [0, 0.05) is 12.1 Å². The fraction of sp³-hybridized carbons (Fsp3) is 0.400. The van der Waals surface area contributed by atoms with Gasteiger partial charge in [0.1, 0.15) is 11.9 Å². The first-order chi connectivity index (χ1) is 12.0. The minimum atomic E-state index is -4.69. The van der Waals surface area contributed by atoms with Crippen LogP contribution in [0.15, 0.2) is 36.4 Å². The van der Waals surface area contributed by atoms with Gasteiger partial charge >= 0.3 is 12.3 Å². The zero-order chi connectivity index (χ0) is 19.6. The molecule has 0 bridgehead atoms. The predicted molar refractivity (Wildman–Crippen MR) is 89.4 cm³/mol. The van der Waals surface area contributed by atoms with Gasteiger partial charge in [0.05, 0.1) is 11.3 Å². The van der Waals surface area contributed by atoms with Crippen molar-refractivity contribution in [1.82, 2.24) is 14.8 Å². The number of carboxylic acid groups (broad SMARTS) is 1. The molecular weight excluding hydrogens is 378 g/mol. The van der Waals surface area contributed by atoms with Crippen LogP contribution in [-0.4, -0.2) is 39.9 Å². The van der Waals surface area contributed by atoms with Crippen molar-refractivity contribution in [2.24, 2.45) is 0 Å². The maximum Gasteiger partial charge on any atom is 0.408 e. The van der Waals surface area contributed by atoms with E-state index in [0.29, 0.717) is 0 Å². The Kier molecular flexibility index (Phi) is 5.73. The molecule has 1 aliphatic rings. The smallest absolute Gasteiger partial charge is 0.408 e. The summed E-state index contributed by atoms with van der Waals surface area (Å²) in [7, 11) is -3.95. The summed E-state index contributed by atoms with van der Waals surface area (Å²) < 4.78 is 71.0. The lowest BCUT2D eigenvalue weighted by atomic mass is 9.94. The van der Waals surface area contributed by atoms with Crippen LogP contribution in [-0.2, 0) is 15.8 Å². The molecule has 1 aliphatic heterocycles. The number of hydrogen-bond acceptors (Lipinski definition) is 2. The van der Waals surface area contributed by atoms with Gasteiger partial charge in [-0.25, -0.2) is 18.6 Å². The highest BCUT2D eigenvalue weighted by Gasteiger charge is 2.43. The molecule has 1 heterocycles. The number of rotatable bonds is 4. The molecule has 0 fully saturated rings. The van der Waals surface area contributed by atoms with E-state index in [4.69, 9.17) is 5.11 Å². The fourth-order valence-electron chi connectivity index (χ4n) is 2.78. The highest BCUT2D eigenvalue weighted by molar-refractivity contribution is 7.99. The number of alkyl halides is 3. The Morgan fingerprint density at radius 1 is 1.38 bits per heavy atom. The zero-order valence-electron chi connectivity index (χ0n) is 13.7. The van der Waals surface area contributed by atoms with Gasteiger partial charge in [-0.3, -0.25) is 4.21 Å². The Morgan fingerprint density at radius 3 is 2.62 bits per heavy atom. The second-order valence-corrected chi connectivity index (χ2v) is 8.45. The van der Waals surface area contributed by atoms with Crippen molar-refractivity contribution in [3.05, 3.63) is 47.8 Å². The second kappa shape index (κ2) is 7.33. The first-order valence-corrected chi connectivity index (χ1v) is 9.46. The van der Waals surface area contributed by atoms with E-state index < -0.39 is 45.7 Å². The molecule has 1 aromatic carbocycles. The minimum absolute atomic E-state index is 0.114. The number of amides is 1. The zero-order valence-corrected chi connectivity index (χ0v) is 14.6. The SMILES string of the molecule is C[C@@](C[SH]1(=O)NCC=C[C@@H](C(F)(F)F)N1)(NC(=O)O)c1ccccc1F. The van der Waals surface area contributed by atoms with Crippen molar-refractivity contribution in [3.63, 3.8) is 0 Å². The maximum absolute atomic E-state index is 14.2. The van der Waals surface area contributed by atoms with Crippen LogP contribution in [0.2, 0.25) is 0 Å².